The fourth-order valence-corrected chi connectivity index (χ4v) is 38.9. The molecule has 62 valence electrons. The van der Waals surface area contributed by atoms with E-state index >= 15 is 0 Å². The molecule has 0 spiro atoms. The van der Waals surface area contributed by atoms with Gasteiger partial charge in [-0.2, -0.15) is 0 Å². The van der Waals surface area contributed by atoms with Gasteiger partial charge < -0.3 is 0 Å². The number of hydrogen-bond donors (Lipinski definition) is 0. The second kappa shape index (κ2) is 7.68. The van der Waals surface area contributed by atoms with E-state index in [1.807, 2.05) is 21.6 Å². The molecule has 0 saturated carbocycles. The van der Waals surface area contributed by atoms with Crippen LogP contribution in [0.2, 0.25) is 0 Å². The van der Waals surface area contributed by atoms with Crippen LogP contribution in [-0.2, 0) is 15.4 Å². The standard InChI is InChI=1S/4CHNS.Hg/c4*2-1-3;/h4*3H;/q;;;;+4/p-4. The number of nitriles is 4. The van der Waals surface area contributed by atoms with Crippen LogP contribution in [0.4, 0.5) is 0 Å². The average Bonchev–Trinajstić information content (AvgIpc) is 2.06. The third kappa shape index (κ3) is 4.91. The zero-order chi connectivity index (χ0) is 10.2. The summed E-state index contributed by atoms with van der Waals surface area (Å²) < 4.78 is 0. The minimum atomic E-state index is -3.62. The molecule has 0 aliphatic carbocycles. The number of hydrogen-bond acceptors (Lipinski definition) is 8. The van der Waals surface area contributed by atoms with Gasteiger partial charge in [0.25, 0.3) is 0 Å². The third-order valence-electron chi connectivity index (χ3n) is 0.965. The fourth-order valence-electron chi connectivity index (χ4n) is 0.493. The van der Waals surface area contributed by atoms with Gasteiger partial charge in [-0.25, -0.2) is 0 Å². The van der Waals surface area contributed by atoms with Gasteiger partial charge in [-0.05, 0) is 0 Å². The summed E-state index contributed by atoms with van der Waals surface area (Å²) in [5.74, 6) is 0. The number of nitrogens with zero attached hydrogens (tertiary/aromatic N) is 4. The minimum absolute atomic E-state index is 0.961. The molecule has 0 atom stereocenters. The zero-order valence-corrected chi connectivity index (χ0v) is 14.9. The van der Waals surface area contributed by atoms with E-state index in [2.05, 4.69) is 0 Å². The van der Waals surface area contributed by atoms with Gasteiger partial charge >= 0.3 is 91.0 Å². The monoisotopic (exact) mass is 434 g/mol. The second-order valence-corrected chi connectivity index (χ2v) is 72.1. The maximum atomic E-state index is 8.49. The van der Waals surface area contributed by atoms with Crippen molar-refractivity contribution in [2.75, 3.05) is 0 Å². The van der Waals surface area contributed by atoms with Crippen LogP contribution >= 0.6 is 33.0 Å². The number of thiocyanates is 4. The van der Waals surface area contributed by atoms with Crippen molar-refractivity contribution in [3.05, 3.63) is 0 Å². The topological polar surface area (TPSA) is 95.2 Å². The summed E-state index contributed by atoms with van der Waals surface area (Å²) in [4.78, 5) is 0. The molecule has 9 heteroatoms. The molecule has 13 heavy (non-hydrogen) atoms. The molecule has 0 heterocycles. The predicted octanol–water partition coefficient (Wildman–Crippen LogP) is 2.66. The molecule has 0 saturated heterocycles. The molecule has 0 fully saturated rings. The molecule has 0 unspecified atom stereocenters. The van der Waals surface area contributed by atoms with Crippen LogP contribution in [0.25, 0.3) is 0 Å². The van der Waals surface area contributed by atoms with E-state index in [4.69, 9.17) is 21.0 Å². The van der Waals surface area contributed by atoms with Crippen molar-refractivity contribution in [2.45, 2.75) is 0 Å². The molecule has 0 N–H and O–H groups in total. The Morgan fingerprint density at radius 2 is 0.846 bits per heavy atom. The van der Waals surface area contributed by atoms with Gasteiger partial charge in [0.05, 0.1) is 0 Å². The van der Waals surface area contributed by atoms with Gasteiger partial charge in [-0.3, -0.25) is 0 Å². The Kier molecular flexibility index (Phi) is 7.85. The van der Waals surface area contributed by atoms with Crippen molar-refractivity contribution in [2.24, 2.45) is 0 Å². The van der Waals surface area contributed by atoms with Gasteiger partial charge in [0, 0.05) is 0 Å². The summed E-state index contributed by atoms with van der Waals surface area (Å²) >= 11 is -3.62. The predicted molar refractivity (Wildman–Crippen MR) is 52.8 cm³/mol. The van der Waals surface area contributed by atoms with Gasteiger partial charge in [0.1, 0.15) is 0 Å². The Bertz CT molecular complexity index is 261. The van der Waals surface area contributed by atoms with E-state index in [9.17, 15) is 0 Å². The molecule has 0 aliphatic heterocycles. The molecule has 4 nitrogen and oxygen atoms in total. The van der Waals surface area contributed by atoms with Gasteiger partial charge in [-0.1, -0.05) is 0 Å². The fraction of sp³-hybridized carbons (Fsp3) is 0. The first-order valence-corrected chi connectivity index (χ1v) is 33.7. The van der Waals surface area contributed by atoms with Crippen molar-refractivity contribution < 1.29 is 15.4 Å². The molecule has 0 aromatic carbocycles. The summed E-state index contributed by atoms with van der Waals surface area (Å²) in [5, 5.41) is 41.4. The van der Waals surface area contributed by atoms with Gasteiger partial charge in [-0.15, -0.1) is 0 Å². The van der Waals surface area contributed by atoms with Crippen LogP contribution in [0.15, 0.2) is 0 Å². The van der Waals surface area contributed by atoms with Crippen molar-refractivity contribution in [3.8, 4) is 21.6 Å². The summed E-state index contributed by atoms with van der Waals surface area (Å²) in [6.45, 7) is 0. The van der Waals surface area contributed by atoms with E-state index in [0.29, 0.717) is 0 Å². The molecular formula is C4HgN4S4. The molecule has 0 aromatic rings. The van der Waals surface area contributed by atoms with Crippen molar-refractivity contribution in [1.29, 1.82) is 21.0 Å². The van der Waals surface area contributed by atoms with E-state index in [-0.39, 0.29) is 0 Å². The first kappa shape index (κ1) is 13.3. The van der Waals surface area contributed by atoms with Crippen LogP contribution in [0.5, 0.6) is 0 Å². The Morgan fingerprint density at radius 1 is 0.615 bits per heavy atom. The maximum absolute atomic E-state index is 8.49. The average molecular weight is 433 g/mol. The van der Waals surface area contributed by atoms with Crippen molar-refractivity contribution >= 4 is 33.0 Å². The molecule has 0 radical (unpaired) electrons. The Morgan fingerprint density at radius 3 is 1.00 bits per heavy atom. The summed E-state index contributed by atoms with van der Waals surface area (Å²) in [5.41, 5.74) is 0. The van der Waals surface area contributed by atoms with Gasteiger partial charge in [0.15, 0.2) is 0 Å². The van der Waals surface area contributed by atoms with Crippen molar-refractivity contribution in [1.82, 2.24) is 0 Å². The molecule has 0 aliphatic rings. The molecular weight excluding hydrogens is 433 g/mol. The third-order valence-corrected chi connectivity index (χ3v) is 62.6. The molecule has 0 bridgehead atoms. The summed E-state index contributed by atoms with van der Waals surface area (Å²) in [6.07, 6.45) is 0. The SMILES string of the molecule is N#C[S][Hg]([S]C#N)([S]C#N)[S]C#N. The number of rotatable bonds is 4. The first-order valence-electron chi connectivity index (χ1n) is 2.87. The quantitative estimate of drug-likeness (QED) is 0.494. The molecule has 0 rings (SSSR count). The van der Waals surface area contributed by atoms with E-state index < -0.39 is 15.4 Å². The first-order chi connectivity index (χ1) is 6.24. The van der Waals surface area contributed by atoms with E-state index in [0.717, 1.165) is 33.0 Å². The molecule has 0 aromatic heterocycles. The van der Waals surface area contributed by atoms with Crippen LogP contribution in [0, 0.1) is 42.7 Å². The Hall–Kier alpha value is 0.295. The van der Waals surface area contributed by atoms with Gasteiger partial charge in [0.2, 0.25) is 0 Å². The second-order valence-electron chi connectivity index (χ2n) is 1.65. The Labute approximate surface area is 89.9 Å². The van der Waals surface area contributed by atoms with Crippen LogP contribution in [0.1, 0.15) is 0 Å². The summed E-state index contributed by atoms with van der Waals surface area (Å²) in [6, 6.07) is 0. The normalized spacial score (nSPS) is 7.69. The van der Waals surface area contributed by atoms with Crippen molar-refractivity contribution in [3.63, 3.8) is 0 Å². The van der Waals surface area contributed by atoms with Crippen LogP contribution in [0.3, 0.4) is 0 Å². The van der Waals surface area contributed by atoms with Crippen LogP contribution in [-0.4, -0.2) is 0 Å². The van der Waals surface area contributed by atoms with Crippen LogP contribution < -0.4 is 0 Å². The Balaban J connectivity index is 4.66. The zero-order valence-electron chi connectivity index (χ0n) is 6.13. The van der Waals surface area contributed by atoms with E-state index in [1.54, 1.807) is 0 Å². The molecule has 0 amide bonds. The van der Waals surface area contributed by atoms with E-state index in [1.165, 1.54) is 0 Å². The summed E-state index contributed by atoms with van der Waals surface area (Å²) in [7, 11) is 3.84.